The number of carbonyl (C=O) groups is 3. The molecule has 0 aromatic heterocycles. The molecular formula is C17H20O5. The van der Waals surface area contributed by atoms with Gasteiger partial charge in [-0.2, -0.15) is 0 Å². The first-order valence-electron chi connectivity index (χ1n) is 7.52. The number of ether oxygens (including phenoxy) is 2. The number of Topliss-reactive ketones (excluding diaryl/α,β-unsaturated/α-hetero) is 2. The number of rotatable bonds is 7. The van der Waals surface area contributed by atoms with Crippen LogP contribution in [0.4, 0.5) is 0 Å². The van der Waals surface area contributed by atoms with Gasteiger partial charge >= 0.3 is 5.97 Å². The van der Waals surface area contributed by atoms with Gasteiger partial charge in [0.1, 0.15) is 5.75 Å². The Bertz CT molecular complexity index is 547. The predicted octanol–water partition coefficient (Wildman–Crippen LogP) is 2.71. The van der Waals surface area contributed by atoms with Crippen LogP contribution in [-0.2, 0) is 14.3 Å². The molecule has 1 fully saturated rings. The standard InChI is InChI=1S/C17H20O5/c1-12(18)13-7-9-14(10-8-13)21-11-3-6-17(20)22-16-5-2-4-15(16)19/h7-10,16H,2-6,11H2,1H3. The van der Waals surface area contributed by atoms with Crippen LogP contribution in [0, 0.1) is 0 Å². The van der Waals surface area contributed by atoms with Gasteiger partial charge in [-0.05, 0) is 50.5 Å². The Morgan fingerprint density at radius 3 is 2.55 bits per heavy atom. The van der Waals surface area contributed by atoms with Gasteiger partial charge in [0.2, 0.25) is 0 Å². The van der Waals surface area contributed by atoms with Crippen LogP contribution in [0.2, 0.25) is 0 Å². The molecule has 1 saturated carbocycles. The molecule has 5 nitrogen and oxygen atoms in total. The topological polar surface area (TPSA) is 69.7 Å². The number of esters is 1. The Labute approximate surface area is 129 Å². The fourth-order valence-electron chi connectivity index (χ4n) is 2.32. The summed E-state index contributed by atoms with van der Waals surface area (Å²) in [6.45, 7) is 1.89. The number of hydrogen-bond donors (Lipinski definition) is 0. The van der Waals surface area contributed by atoms with E-state index >= 15 is 0 Å². The normalized spacial score (nSPS) is 17.3. The zero-order valence-electron chi connectivity index (χ0n) is 12.7. The molecule has 0 heterocycles. The maximum atomic E-state index is 11.6. The zero-order chi connectivity index (χ0) is 15.9. The van der Waals surface area contributed by atoms with Crippen LogP contribution in [0.15, 0.2) is 24.3 Å². The number of ketones is 2. The molecule has 1 atom stereocenters. The van der Waals surface area contributed by atoms with E-state index in [0.717, 1.165) is 6.42 Å². The highest BCUT2D eigenvalue weighted by Gasteiger charge is 2.27. The fraction of sp³-hybridized carbons (Fsp3) is 0.471. The van der Waals surface area contributed by atoms with Crippen molar-refractivity contribution >= 4 is 17.5 Å². The van der Waals surface area contributed by atoms with Crippen LogP contribution in [0.5, 0.6) is 5.75 Å². The molecule has 1 aromatic rings. The van der Waals surface area contributed by atoms with Gasteiger partial charge in [0.05, 0.1) is 6.61 Å². The molecule has 0 amide bonds. The minimum Gasteiger partial charge on any atom is -0.494 e. The van der Waals surface area contributed by atoms with Crippen molar-refractivity contribution in [1.82, 2.24) is 0 Å². The summed E-state index contributed by atoms with van der Waals surface area (Å²) in [7, 11) is 0. The average molecular weight is 304 g/mol. The molecule has 22 heavy (non-hydrogen) atoms. The summed E-state index contributed by atoms with van der Waals surface area (Å²) in [5.41, 5.74) is 0.636. The predicted molar refractivity (Wildman–Crippen MR) is 79.9 cm³/mol. The number of hydrogen-bond acceptors (Lipinski definition) is 5. The van der Waals surface area contributed by atoms with Crippen molar-refractivity contribution in [1.29, 1.82) is 0 Å². The third-order valence-electron chi connectivity index (χ3n) is 3.58. The largest absolute Gasteiger partial charge is 0.494 e. The van der Waals surface area contributed by atoms with Gasteiger partial charge in [0.25, 0.3) is 0 Å². The summed E-state index contributed by atoms with van der Waals surface area (Å²) in [6, 6.07) is 6.87. The fourth-order valence-corrected chi connectivity index (χ4v) is 2.32. The number of benzene rings is 1. The summed E-state index contributed by atoms with van der Waals surface area (Å²) in [5.74, 6) is 0.339. The summed E-state index contributed by atoms with van der Waals surface area (Å²) in [5, 5.41) is 0. The van der Waals surface area contributed by atoms with Crippen molar-refractivity contribution in [2.45, 2.75) is 45.1 Å². The Balaban J connectivity index is 1.65. The lowest BCUT2D eigenvalue weighted by atomic mass is 10.1. The van der Waals surface area contributed by atoms with E-state index < -0.39 is 6.10 Å². The lowest BCUT2D eigenvalue weighted by Gasteiger charge is -2.10. The SMILES string of the molecule is CC(=O)c1ccc(OCCCC(=O)OC2CCCC2=O)cc1. The summed E-state index contributed by atoms with van der Waals surface area (Å²) < 4.78 is 10.6. The van der Waals surface area contributed by atoms with Crippen LogP contribution in [0.3, 0.4) is 0 Å². The third kappa shape index (κ3) is 4.69. The molecule has 1 aliphatic carbocycles. The van der Waals surface area contributed by atoms with Crippen LogP contribution in [0.25, 0.3) is 0 Å². The second-order valence-corrected chi connectivity index (χ2v) is 5.37. The second kappa shape index (κ2) is 7.73. The highest BCUT2D eigenvalue weighted by Crippen LogP contribution is 2.18. The van der Waals surface area contributed by atoms with E-state index in [1.54, 1.807) is 24.3 Å². The zero-order valence-corrected chi connectivity index (χ0v) is 12.7. The molecule has 0 N–H and O–H groups in total. The van der Waals surface area contributed by atoms with E-state index in [-0.39, 0.29) is 24.0 Å². The second-order valence-electron chi connectivity index (χ2n) is 5.37. The van der Waals surface area contributed by atoms with E-state index in [2.05, 4.69) is 0 Å². The maximum Gasteiger partial charge on any atom is 0.306 e. The molecule has 118 valence electrons. The van der Waals surface area contributed by atoms with E-state index in [1.165, 1.54) is 6.92 Å². The third-order valence-corrected chi connectivity index (χ3v) is 3.58. The molecule has 2 rings (SSSR count). The smallest absolute Gasteiger partial charge is 0.306 e. The first kappa shape index (κ1) is 16.2. The highest BCUT2D eigenvalue weighted by molar-refractivity contribution is 5.94. The van der Waals surface area contributed by atoms with Crippen molar-refractivity contribution in [3.8, 4) is 5.75 Å². The molecule has 5 heteroatoms. The van der Waals surface area contributed by atoms with Crippen LogP contribution >= 0.6 is 0 Å². The van der Waals surface area contributed by atoms with Gasteiger partial charge in [-0.3, -0.25) is 14.4 Å². The minimum atomic E-state index is -0.535. The van der Waals surface area contributed by atoms with E-state index in [1.807, 2.05) is 0 Å². The summed E-state index contributed by atoms with van der Waals surface area (Å²) in [6.07, 6.45) is 2.17. The molecule has 0 bridgehead atoms. The van der Waals surface area contributed by atoms with Crippen molar-refractivity contribution in [3.63, 3.8) is 0 Å². The van der Waals surface area contributed by atoms with Gasteiger partial charge in [-0.25, -0.2) is 0 Å². The Hall–Kier alpha value is -2.17. The molecule has 0 radical (unpaired) electrons. The molecule has 1 aliphatic rings. The number of carbonyl (C=O) groups excluding carboxylic acids is 3. The first-order valence-corrected chi connectivity index (χ1v) is 7.52. The van der Waals surface area contributed by atoms with E-state index in [0.29, 0.717) is 37.2 Å². The van der Waals surface area contributed by atoms with Gasteiger partial charge in [0, 0.05) is 18.4 Å². The van der Waals surface area contributed by atoms with E-state index in [9.17, 15) is 14.4 Å². The van der Waals surface area contributed by atoms with Crippen molar-refractivity contribution in [3.05, 3.63) is 29.8 Å². The molecule has 1 aromatic carbocycles. The molecule has 0 saturated heterocycles. The van der Waals surface area contributed by atoms with Gasteiger partial charge in [-0.1, -0.05) is 0 Å². The van der Waals surface area contributed by atoms with Crippen LogP contribution in [-0.4, -0.2) is 30.2 Å². The van der Waals surface area contributed by atoms with Crippen LogP contribution in [0.1, 0.15) is 49.4 Å². The Morgan fingerprint density at radius 2 is 1.95 bits per heavy atom. The highest BCUT2D eigenvalue weighted by atomic mass is 16.5. The lowest BCUT2D eigenvalue weighted by molar-refractivity contribution is -0.153. The summed E-state index contributed by atoms with van der Waals surface area (Å²) >= 11 is 0. The summed E-state index contributed by atoms with van der Waals surface area (Å²) in [4.78, 5) is 34.1. The molecule has 1 unspecified atom stereocenters. The average Bonchev–Trinajstić information content (AvgIpc) is 2.89. The Morgan fingerprint density at radius 1 is 1.23 bits per heavy atom. The molecule has 0 spiro atoms. The van der Waals surface area contributed by atoms with Gasteiger partial charge in [-0.15, -0.1) is 0 Å². The quantitative estimate of drug-likeness (QED) is 0.440. The molecular weight excluding hydrogens is 284 g/mol. The van der Waals surface area contributed by atoms with Gasteiger partial charge in [0.15, 0.2) is 17.7 Å². The van der Waals surface area contributed by atoms with Crippen molar-refractivity contribution in [2.75, 3.05) is 6.61 Å². The van der Waals surface area contributed by atoms with Gasteiger partial charge < -0.3 is 9.47 Å². The van der Waals surface area contributed by atoms with Crippen molar-refractivity contribution < 1.29 is 23.9 Å². The maximum absolute atomic E-state index is 11.6. The minimum absolute atomic E-state index is 0.00996. The van der Waals surface area contributed by atoms with E-state index in [4.69, 9.17) is 9.47 Å². The lowest BCUT2D eigenvalue weighted by Crippen LogP contribution is -2.22. The van der Waals surface area contributed by atoms with Crippen LogP contribution < -0.4 is 4.74 Å². The van der Waals surface area contributed by atoms with Crippen molar-refractivity contribution in [2.24, 2.45) is 0 Å². The Kier molecular flexibility index (Phi) is 5.69. The first-order chi connectivity index (χ1) is 10.6. The molecule has 0 aliphatic heterocycles. The monoisotopic (exact) mass is 304 g/mol.